The molecule has 2 saturated heterocycles. The molecule has 2 N–H and O–H groups in total. The molecule has 8 nitrogen and oxygen atoms in total. The Morgan fingerprint density at radius 2 is 2.30 bits per heavy atom. The number of benzene rings is 1. The Balaban J connectivity index is 1.39. The number of ether oxygens (including phenoxy) is 1. The van der Waals surface area contributed by atoms with Crippen LogP contribution in [0.2, 0.25) is 0 Å². The van der Waals surface area contributed by atoms with E-state index in [1.807, 2.05) is 12.1 Å². The number of nitrogens with zero attached hydrogens (tertiary/aromatic N) is 3. The molecule has 1 aromatic heterocycles. The van der Waals surface area contributed by atoms with Crippen molar-refractivity contribution >= 4 is 5.91 Å². The Hall–Kier alpha value is -2.29. The molecule has 144 valence electrons. The minimum absolute atomic E-state index is 0.0794. The first-order chi connectivity index (χ1) is 13.1. The molecular weight excluding hydrogens is 348 g/mol. The van der Waals surface area contributed by atoms with Crippen LogP contribution in [0.4, 0.5) is 0 Å². The Kier molecular flexibility index (Phi) is 5.20. The summed E-state index contributed by atoms with van der Waals surface area (Å²) in [5.74, 6) is 0.867. The summed E-state index contributed by atoms with van der Waals surface area (Å²) >= 11 is 0. The molecule has 0 radical (unpaired) electrons. The van der Waals surface area contributed by atoms with Gasteiger partial charge in [-0.1, -0.05) is 17.3 Å². The van der Waals surface area contributed by atoms with Crippen LogP contribution >= 0.6 is 0 Å². The summed E-state index contributed by atoms with van der Waals surface area (Å²) in [6.07, 6.45) is 1.61. The van der Waals surface area contributed by atoms with Crippen LogP contribution < -0.4 is 5.32 Å². The van der Waals surface area contributed by atoms with E-state index >= 15 is 0 Å². The number of morpholine rings is 1. The van der Waals surface area contributed by atoms with E-state index in [1.165, 1.54) is 0 Å². The number of aryl methyl sites for hydroxylation is 1. The fourth-order valence-corrected chi connectivity index (χ4v) is 3.85. The van der Waals surface area contributed by atoms with E-state index in [1.54, 1.807) is 19.1 Å². The number of hydrogen-bond acceptors (Lipinski definition) is 7. The maximum atomic E-state index is 12.7. The molecule has 27 heavy (non-hydrogen) atoms. The van der Waals surface area contributed by atoms with E-state index in [-0.39, 0.29) is 24.7 Å². The summed E-state index contributed by atoms with van der Waals surface area (Å²) in [7, 11) is 0. The molecular formula is C19H24N4O4. The first kappa shape index (κ1) is 18.1. The zero-order valence-electron chi connectivity index (χ0n) is 15.3. The van der Waals surface area contributed by atoms with Crippen LogP contribution in [0.5, 0.6) is 0 Å². The SMILES string of the molecule is Cc1nc(-c2cccc(C(=O)N[C@H]3C[C@H]4CO[C@@H](CCO)CN4C3)c2)no1. The molecule has 0 aliphatic carbocycles. The van der Waals surface area contributed by atoms with Crippen LogP contribution in [-0.4, -0.2) is 70.5 Å². The highest BCUT2D eigenvalue weighted by Crippen LogP contribution is 2.25. The Morgan fingerprint density at radius 3 is 3.07 bits per heavy atom. The van der Waals surface area contributed by atoms with Crippen molar-refractivity contribution in [2.24, 2.45) is 0 Å². The minimum atomic E-state index is -0.102. The predicted octanol–water partition coefficient (Wildman–Crippen LogP) is 0.999. The highest BCUT2D eigenvalue weighted by Gasteiger charge is 2.37. The molecule has 2 aliphatic rings. The van der Waals surface area contributed by atoms with Crippen molar-refractivity contribution in [1.29, 1.82) is 0 Å². The normalized spacial score (nSPS) is 25.3. The number of rotatable bonds is 5. The van der Waals surface area contributed by atoms with Crippen molar-refractivity contribution < 1.29 is 19.2 Å². The van der Waals surface area contributed by atoms with Gasteiger partial charge in [0.2, 0.25) is 11.7 Å². The van der Waals surface area contributed by atoms with Gasteiger partial charge in [0.05, 0.1) is 12.7 Å². The average molecular weight is 372 g/mol. The molecule has 4 rings (SSSR count). The van der Waals surface area contributed by atoms with Gasteiger partial charge in [-0.25, -0.2) is 0 Å². The van der Waals surface area contributed by atoms with E-state index in [0.29, 0.717) is 36.3 Å². The quantitative estimate of drug-likeness (QED) is 0.807. The Bertz CT molecular complexity index is 809. The van der Waals surface area contributed by atoms with E-state index in [9.17, 15) is 4.79 Å². The summed E-state index contributed by atoms with van der Waals surface area (Å²) in [6, 6.07) is 7.67. The maximum Gasteiger partial charge on any atom is 0.251 e. The van der Waals surface area contributed by atoms with Crippen LogP contribution in [0.3, 0.4) is 0 Å². The number of nitrogens with one attached hydrogen (secondary N) is 1. The third kappa shape index (κ3) is 4.02. The molecule has 1 amide bonds. The monoisotopic (exact) mass is 372 g/mol. The van der Waals surface area contributed by atoms with E-state index in [4.69, 9.17) is 14.4 Å². The lowest BCUT2D eigenvalue weighted by molar-refractivity contribution is -0.0566. The van der Waals surface area contributed by atoms with Crippen LogP contribution in [0.1, 0.15) is 29.1 Å². The first-order valence-electron chi connectivity index (χ1n) is 9.30. The standard InChI is InChI=1S/C19H24N4O4/c1-12-20-18(22-27-12)13-3-2-4-14(7-13)19(25)21-15-8-16-11-26-17(5-6-24)10-23(16)9-15/h2-4,7,15-17,24H,5-6,8-11H2,1H3,(H,21,25)/t15-,16-,17-/m0/s1. The van der Waals surface area contributed by atoms with Gasteiger partial charge in [-0.15, -0.1) is 0 Å². The number of carbonyl (C=O) groups is 1. The third-order valence-electron chi connectivity index (χ3n) is 5.19. The van der Waals surface area contributed by atoms with Crippen molar-refractivity contribution in [3.8, 4) is 11.4 Å². The summed E-state index contributed by atoms with van der Waals surface area (Å²) < 4.78 is 10.8. The molecule has 1 aromatic carbocycles. The molecule has 2 fully saturated rings. The molecule has 0 bridgehead atoms. The minimum Gasteiger partial charge on any atom is -0.396 e. The van der Waals surface area contributed by atoms with Gasteiger partial charge in [0.15, 0.2) is 0 Å². The van der Waals surface area contributed by atoms with Crippen molar-refractivity contribution in [2.75, 3.05) is 26.3 Å². The highest BCUT2D eigenvalue weighted by atomic mass is 16.5. The van der Waals surface area contributed by atoms with Crippen LogP contribution in [0.25, 0.3) is 11.4 Å². The lowest BCUT2D eigenvalue weighted by Crippen LogP contribution is -2.46. The van der Waals surface area contributed by atoms with Crippen molar-refractivity contribution in [3.63, 3.8) is 0 Å². The van der Waals surface area contributed by atoms with Gasteiger partial charge >= 0.3 is 0 Å². The van der Waals surface area contributed by atoms with Gasteiger partial charge in [-0.2, -0.15) is 4.98 Å². The number of aliphatic hydroxyl groups excluding tert-OH is 1. The lowest BCUT2D eigenvalue weighted by atomic mass is 10.1. The van der Waals surface area contributed by atoms with Gasteiger partial charge in [0.25, 0.3) is 5.91 Å². The van der Waals surface area contributed by atoms with Crippen molar-refractivity contribution in [3.05, 3.63) is 35.7 Å². The Morgan fingerprint density at radius 1 is 1.41 bits per heavy atom. The number of fused-ring (bicyclic) bond motifs is 1. The van der Waals surface area contributed by atoms with Gasteiger partial charge in [-0.05, 0) is 25.0 Å². The first-order valence-corrected chi connectivity index (χ1v) is 9.30. The number of amides is 1. The molecule has 3 heterocycles. The average Bonchev–Trinajstić information content (AvgIpc) is 3.27. The number of hydrogen-bond donors (Lipinski definition) is 2. The fraction of sp³-hybridized carbons (Fsp3) is 0.526. The van der Waals surface area contributed by atoms with Gasteiger partial charge < -0.3 is 19.7 Å². The summed E-state index contributed by atoms with van der Waals surface area (Å²) in [5.41, 5.74) is 1.33. The number of aliphatic hydroxyl groups is 1. The second kappa shape index (κ2) is 7.75. The molecule has 0 unspecified atom stereocenters. The van der Waals surface area contributed by atoms with E-state index < -0.39 is 0 Å². The molecule has 0 saturated carbocycles. The maximum absolute atomic E-state index is 12.7. The fourth-order valence-electron chi connectivity index (χ4n) is 3.85. The molecule has 3 atom stereocenters. The van der Waals surface area contributed by atoms with Crippen LogP contribution in [0, 0.1) is 6.92 Å². The lowest BCUT2D eigenvalue weighted by Gasteiger charge is -2.34. The molecule has 2 aromatic rings. The van der Waals surface area contributed by atoms with E-state index in [0.717, 1.165) is 25.1 Å². The number of carbonyl (C=O) groups excluding carboxylic acids is 1. The van der Waals surface area contributed by atoms with Crippen LogP contribution in [0.15, 0.2) is 28.8 Å². The van der Waals surface area contributed by atoms with Gasteiger partial charge in [0, 0.05) is 49.8 Å². The molecule has 0 spiro atoms. The van der Waals surface area contributed by atoms with Gasteiger partial charge in [-0.3, -0.25) is 9.69 Å². The van der Waals surface area contributed by atoms with Crippen LogP contribution in [-0.2, 0) is 4.74 Å². The molecule has 2 aliphatic heterocycles. The van der Waals surface area contributed by atoms with E-state index in [2.05, 4.69) is 20.4 Å². The third-order valence-corrected chi connectivity index (χ3v) is 5.19. The van der Waals surface area contributed by atoms with Crippen molar-refractivity contribution in [1.82, 2.24) is 20.4 Å². The summed E-state index contributed by atoms with van der Waals surface area (Å²) in [4.78, 5) is 19.3. The second-order valence-corrected chi connectivity index (χ2v) is 7.20. The zero-order valence-corrected chi connectivity index (χ0v) is 15.3. The smallest absolute Gasteiger partial charge is 0.251 e. The zero-order chi connectivity index (χ0) is 18.8. The largest absolute Gasteiger partial charge is 0.396 e. The highest BCUT2D eigenvalue weighted by molar-refractivity contribution is 5.95. The summed E-state index contributed by atoms with van der Waals surface area (Å²) in [6.45, 7) is 4.15. The van der Waals surface area contributed by atoms with Crippen molar-refractivity contribution in [2.45, 2.75) is 38.0 Å². The summed E-state index contributed by atoms with van der Waals surface area (Å²) in [5, 5.41) is 16.1. The Labute approximate surface area is 157 Å². The number of aromatic nitrogens is 2. The predicted molar refractivity (Wildman–Crippen MR) is 97.1 cm³/mol. The second-order valence-electron chi connectivity index (χ2n) is 7.20. The molecule has 8 heteroatoms. The van der Waals surface area contributed by atoms with Gasteiger partial charge in [0.1, 0.15) is 0 Å². The topological polar surface area (TPSA) is 101 Å².